The van der Waals surface area contributed by atoms with Gasteiger partial charge in [0.15, 0.2) is 0 Å². The van der Waals surface area contributed by atoms with Crippen LogP contribution in [-0.4, -0.2) is 14.2 Å². The molecule has 0 fully saturated rings. The van der Waals surface area contributed by atoms with Gasteiger partial charge in [-0.15, -0.1) is 0 Å². The smallest absolute Gasteiger partial charge is 0.252 e. The van der Waals surface area contributed by atoms with Crippen LogP contribution in [0, 0.1) is 0 Å². The molecule has 0 aliphatic carbocycles. The Kier molecular flexibility index (Phi) is 2.90. The van der Waals surface area contributed by atoms with E-state index in [1.165, 1.54) is 7.11 Å². The standard InChI is InChI=1S/C12H10ClNO3/c1-14(10-9(13)11(15)12(10)16)7-5-3-4-6-8(7)17-2/h3-6H,1-2H3. The predicted molar refractivity (Wildman–Crippen MR) is 67.4 cm³/mol. The molecule has 88 valence electrons. The van der Waals surface area contributed by atoms with Crippen LogP contribution in [0.5, 0.6) is 5.75 Å². The highest BCUT2D eigenvalue weighted by Crippen LogP contribution is 2.33. The van der Waals surface area contributed by atoms with Gasteiger partial charge in [0, 0.05) is 7.05 Å². The third kappa shape index (κ3) is 1.70. The van der Waals surface area contributed by atoms with Crippen LogP contribution >= 0.6 is 11.6 Å². The molecule has 0 amide bonds. The Morgan fingerprint density at radius 2 is 1.82 bits per heavy atom. The second kappa shape index (κ2) is 4.22. The first-order valence-electron chi connectivity index (χ1n) is 4.93. The zero-order valence-corrected chi connectivity index (χ0v) is 10.1. The van der Waals surface area contributed by atoms with Gasteiger partial charge < -0.3 is 9.64 Å². The maximum absolute atomic E-state index is 11.4. The minimum absolute atomic E-state index is 0.0246. The molecule has 0 aliphatic heterocycles. The molecule has 0 aliphatic rings. The van der Waals surface area contributed by atoms with Gasteiger partial charge in [-0.1, -0.05) is 23.7 Å². The Labute approximate surface area is 103 Å². The number of anilines is 2. The quantitative estimate of drug-likeness (QED) is 0.780. The Balaban J connectivity index is 2.49. The molecule has 4 nitrogen and oxygen atoms in total. The molecule has 5 heteroatoms. The summed E-state index contributed by atoms with van der Waals surface area (Å²) in [5.74, 6) is 0.610. The zero-order chi connectivity index (χ0) is 12.6. The van der Waals surface area contributed by atoms with E-state index in [2.05, 4.69) is 0 Å². The average Bonchev–Trinajstić information content (AvgIpc) is 2.38. The number of rotatable bonds is 3. The molecule has 0 unspecified atom stereocenters. The lowest BCUT2D eigenvalue weighted by molar-refractivity contribution is 0.415. The summed E-state index contributed by atoms with van der Waals surface area (Å²) >= 11 is 5.73. The summed E-state index contributed by atoms with van der Waals surface area (Å²) in [5.41, 5.74) is -0.308. The summed E-state index contributed by atoms with van der Waals surface area (Å²) in [4.78, 5) is 24.0. The second-order valence-electron chi connectivity index (χ2n) is 3.55. The summed E-state index contributed by atoms with van der Waals surface area (Å²) in [6.07, 6.45) is 0. The number of nitrogens with zero attached hydrogens (tertiary/aromatic N) is 1. The van der Waals surface area contributed by atoms with Crippen molar-refractivity contribution in [2.75, 3.05) is 19.1 Å². The van der Waals surface area contributed by atoms with Crippen LogP contribution < -0.4 is 20.5 Å². The van der Waals surface area contributed by atoms with E-state index < -0.39 is 10.9 Å². The van der Waals surface area contributed by atoms with Crippen LogP contribution in [0.15, 0.2) is 33.9 Å². The monoisotopic (exact) mass is 251 g/mol. The fourth-order valence-corrected chi connectivity index (χ4v) is 1.98. The molecular formula is C12H10ClNO3. The average molecular weight is 252 g/mol. The molecule has 0 radical (unpaired) electrons. The van der Waals surface area contributed by atoms with Gasteiger partial charge in [0.25, 0.3) is 5.43 Å². The summed E-state index contributed by atoms with van der Waals surface area (Å²) in [7, 11) is 3.20. The lowest BCUT2D eigenvalue weighted by Crippen LogP contribution is -2.37. The number of benzene rings is 1. The molecular weight excluding hydrogens is 242 g/mol. The Hall–Kier alpha value is -1.81. The van der Waals surface area contributed by atoms with Gasteiger partial charge in [-0.3, -0.25) is 9.59 Å². The summed E-state index contributed by atoms with van der Waals surface area (Å²) in [6, 6.07) is 7.19. The topological polar surface area (TPSA) is 46.6 Å². The number of ether oxygens (including phenoxy) is 1. The van der Waals surface area contributed by atoms with Crippen LogP contribution in [0.3, 0.4) is 0 Å². The summed E-state index contributed by atoms with van der Waals surface area (Å²) < 4.78 is 5.18. The maximum atomic E-state index is 11.4. The van der Waals surface area contributed by atoms with Crippen molar-refractivity contribution in [1.82, 2.24) is 0 Å². The molecule has 0 saturated carbocycles. The van der Waals surface area contributed by atoms with Crippen LogP contribution in [0.1, 0.15) is 0 Å². The van der Waals surface area contributed by atoms with Crippen LogP contribution in [0.25, 0.3) is 0 Å². The molecule has 0 heterocycles. The lowest BCUT2D eigenvalue weighted by Gasteiger charge is -2.22. The molecule has 2 aromatic carbocycles. The van der Waals surface area contributed by atoms with Crippen molar-refractivity contribution in [1.29, 1.82) is 0 Å². The van der Waals surface area contributed by atoms with Gasteiger partial charge in [0.05, 0.1) is 12.8 Å². The molecule has 2 rings (SSSR count). The first-order chi connectivity index (χ1) is 8.07. The molecule has 2 aromatic rings. The van der Waals surface area contributed by atoms with E-state index in [9.17, 15) is 9.59 Å². The van der Waals surface area contributed by atoms with Gasteiger partial charge in [-0.05, 0) is 12.1 Å². The Morgan fingerprint density at radius 3 is 2.41 bits per heavy atom. The molecule has 17 heavy (non-hydrogen) atoms. The van der Waals surface area contributed by atoms with Crippen LogP contribution in [-0.2, 0) is 0 Å². The van der Waals surface area contributed by atoms with Crippen LogP contribution in [0.2, 0.25) is 5.02 Å². The normalized spacial score (nSPS) is 10.5. The highest BCUT2D eigenvalue weighted by Gasteiger charge is 2.24. The van der Waals surface area contributed by atoms with Crippen molar-refractivity contribution >= 4 is 23.0 Å². The lowest BCUT2D eigenvalue weighted by atomic mass is 10.2. The highest BCUT2D eigenvalue weighted by molar-refractivity contribution is 6.34. The van der Waals surface area contributed by atoms with E-state index >= 15 is 0 Å². The SMILES string of the molecule is COc1ccccc1N(C)c1c(Cl)c(=O)c1=O. The van der Waals surface area contributed by atoms with E-state index in [0.29, 0.717) is 11.4 Å². The van der Waals surface area contributed by atoms with E-state index in [4.69, 9.17) is 16.3 Å². The van der Waals surface area contributed by atoms with Crippen molar-refractivity contribution in [3.63, 3.8) is 0 Å². The molecule has 0 aromatic heterocycles. The third-order valence-electron chi connectivity index (χ3n) is 2.61. The minimum Gasteiger partial charge on any atom is -0.495 e. The summed E-state index contributed by atoms with van der Waals surface area (Å²) in [5, 5.41) is -0.0246. The zero-order valence-electron chi connectivity index (χ0n) is 9.36. The van der Waals surface area contributed by atoms with Gasteiger partial charge in [0.1, 0.15) is 16.5 Å². The number of hydrogen-bond donors (Lipinski definition) is 0. The van der Waals surface area contributed by atoms with Crippen LogP contribution in [0.4, 0.5) is 11.4 Å². The Bertz CT molecular complexity index is 629. The Morgan fingerprint density at radius 1 is 1.18 bits per heavy atom. The largest absolute Gasteiger partial charge is 0.495 e. The van der Waals surface area contributed by atoms with E-state index in [-0.39, 0.29) is 10.7 Å². The van der Waals surface area contributed by atoms with Gasteiger partial charge in [-0.2, -0.15) is 0 Å². The van der Waals surface area contributed by atoms with Crippen molar-refractivity contribution in [3.8, 4) is 5.75 Å². The maximum Gasteiger partial charge on any atom is 0.252 e. The van der Waals surface area contributed by atoms with E-state index in [1.807, 2.05) is 12.1 Å². The molecule has 0 atom stereocenters. The van der Waals surface area contributed by atoms with Crippen molar-refractivity contribution in [3.05, 3.63) is 49.7 Å². The fourth-order valence-electron chi connectivity index (χ4n) is 1.68. The van der Waals surface area contributed by atoms with E-state index in [1.54, 1.807) is 24.1 Å². The van der Waals surface area contributed by atoms with Crippen molar-refractivity contribution < 1.29 is 4.74 Å². The first-order valence-corrected chi connectivity index (χ1v) is 5.31. The fraction of sp³-hybridized carbons (Fsp3) is 0.167. The molecule has 0 saturated heterocycles. The number of hydrogen-bond acceptors (Lipinski definition) is 4. The molecule has 0 spiro atoms. The van der Waals surface area contributed by atoms with Gasteiger partial charge in [-0.25, -0.2) is 0 Å². The van der Waals surface area contributed by atoms with Crippen molar-refractivity contribution in [2.24, 2.45) is 0 Å². The highest BCUT2D eigenvalue weighted by atomic mass is 35.5. The molecule has 0 bridgehead atoms. The number of methoxy groups -OCH3 is 1. The second-order valence-corrected chi connectivity index (χ2v) is 3.93. The third-order valence-corrected chi connectivity index (χ3v) is 2.96. The minimum atomic E-state index is -0.636. The van der Waals surface area contributed by atoms with Crippen molar-refractivity contribution in [2.45, 2.75) is 0 Å². The van der Waals surface area contributed by atoms with Gasteiger partial charge in [0.2, 0.25) is 5.43 Å². The number of para-hydroxylation sites is 2. The molecule has 0 N–H and O–H groups in total. The first kappa shape index (κ1) is 11.7. The van der Waals surface area contributed by atoms with Gasteiger partial charge >= 0.3 is 0 Å². The van der Waals surface area contributed by atoms with E-state index in [0.717, 1.165) is 0 Å². The number of halogens is 1. The summed E-state index contributed by atoms with van der Waals surface area (Å²) in [6.45, 7) is 0. The predicted octanol–water partition coefficient (Wildman–Crippen LogP) is 1.71.